The number of aromatic nitrogens is 2. The van der Waals surface area contributed by atoms with Crippen molar-refractivity contribution in [1.29, 1.82) is 0 Å². The highest BCUT2D eigenvalue weighted by molar-refractivity contribution is 7.98. The summed E-state index contributed by atoms with van der Waals surface area (Å²) in [4.78, 5) is 20.3. The summed E-state index contributed by atoms with van der Waals surface area (Å²) >= 11 is 7.64. The van der Waals surface area contributed by atoms with E-state index in [0.717, 1.165) is 11.3 Å². The maximum Gasteiger partial charge on any atom is 0.337 e. The van der Waals surface area contributed by atoms with E-state index in [-0.39, 0.29) is 5.56 Å². The Morgan fingerprint density at radius 1 is 1.22 bits per heavy atom. The number of hydrogen-bond acceptors (Lipinski definition) is 6. The van der Waals surface area contributed by atoms with E-state index < -0.39 is 5.97 Å². The van der Waals surface area contributed by atoms with Gasteiger partial charge in [-0.05, 0) is 36.8 Å². The number of rotatable bonds is 6. The SMILES string of the molecule is Cc1cc(Nc2cc(N)ccc2C(=O)O)nc(SCc2ccccc2Cl)n1. The first-order valence-corrected chi connectivity index (χ1v) is 9.40. The van der Waals surface area contributed by atoms with Crippen LogP contribution in [0.5, 0.6) is 0 Å². The number of carboxylic acid groups (broad SMARTS) is 1. The summed E-state index contributed by atoms with van der Waals surface area (Å²) in [5, 5.41) is 13.6. The first-order chi connectivity index (χ1) is 12.9. The van der Waals surface area contributed by atoms with Crippen molar-refractivity contribution in [2.75, 3.05) is 11.1 Å². The third-order valence-electron chi connectivity index (χ3n) is 3.69. The van der Waals surface area contributed by atoms with E-state index in [2.05, 4.69) is 15.3 Å². The van der Waals surface area contributed by atoms with Crippen LogP contribution in [0.15, 0.2) is 53.7 Å². The van der Waals surface area contributed by atoms with Crippen LogP contribution in [0.3, 0.4) is 0 Å². The Bertz CT molecular complexity index is 997. The average molecular weight is 401 g/mol. The maximum atomic E-state index is 11.4. The molecular weight excluding hydrogens is 384 g/mol. The summed E-state index contributed by atoms with van der Waals surface area (Å²) in [6.07, 6.45) is 0. The van der Waals surface area contributed by atoms with E-state index in [9.17, 15) is 9.90 Å². The van der Waals surface area contributed by atoms with E-state index in [4.69, 9.17) is 17.3 Å². The fraction of sp³-hybridized carbons (Fsp3) is 0.105. The molecule has 0 unspecified atom stereocenters. The molecule has 0 saturated heterocycles. The molecule has 138 valence electrons. The van der Waals surface area contributed by atoms with Gasteiger partial charge < -0.3 is 16.2 Å². The number of carbonyl (C=O) groups is 1. The number of benzene rings is 2. The van der Waals surface area contributed by atoms with Crippen LogP contribution in [0.1, 0.15) is 21.6 Å². The third kappa shape index (κ3) is 4.90. The highest BCUT2D eigenvalue weighted by atomic mass is 35.5. The monoisotopic (exact) mass is 400 g/mol. The molecule has 1 aromatic heterocycles. The molecule has 0 aliphatic rings. The van der Waals surface area contributed by atoms with Gasteiger partial charge >= 0.3 is 5.97 Å². The zero-order valence-corrected chi connectivity index (χ0v) is 16.0. The molecule has 6 nitrogen and oxygen atoms in total. The Labute approximate surface area is 165 Å². The first kappa shape index (κ1) is 19.0. The predicted octanol–water partition coefficient (Wildman–Crippen LogP) is 4.75. The lowest BCUT2D eigenvalue weighted by molar-refractivity contribution is 0.0698. The van der Waals surface area contributed by atoms with Crippen molar-refractivity contribution in [3.63, 3.8) is 0 Å². The van der Waals surface area contributed by atoms with Gasteiger partial charge in [0.1, 0.15) is 5.82 Å². The first-order valence-electron chi connectivity index (χ1n) is 8.04. The fourth-order valence-electron chi connectivity index (χ4n) is 2.42. The average Bonchev–Trinajstić information content (AvgIpc) is 2.60. The number of aromatic carboxylic acids is 1. The molecule has 4 N–H and O–H groups in total. The molecule has 0 aliphatic carbocycles. The van der Waals surface area contributed by atoms with Crippen LogP contribution in [0.2, 0.25) is 5.02 Å². The summed E-state index contributed by atoms with van der Waals surface area (Å²) in [5.74, 6) is 0.0789. The summed E-state index contributed by atoms with van der Waals surface area (Å²) < 4.78 is 0. The Balaban J connectivity index is 1.83. The lowest BCUT2D eigenvalue weighted by Gasteiger charge is -2.11. The highest BCUT2D eigenvalue weighted by Gasteiger charge is 2.12. The molecule has 0 aliphatic heterocycles. The van der Waals surface area contributed by atoms with Crippen LogP contribution in [-0.4, -0.2) is 21.0 Å². The van der Waals surface area contributed by atoms with Crippen molar-refractivity contribution in [3.05, 3.63) is 70.4 Å². The largest absolute Gasteiger partial charge is 0.478 e. The van der Waals surface area contributed by atoms with Gasteiger partial charge in [0.2, 0.25) is 0 Å². The van der Waals surface area contributed by atoms with Crippen LogP contribution in [0.4, 0.5) is 17.2 Å². The minimum absolute atomic E-state index is 0.116. The summed E-state index contributed by atoms with van der Waals surface area (Å²) in [5.41, 5.74) is 8.49. The Morgan fingerprint density at radius 3 is 2.74 bits per heavy atom. The van der Waals surface area contributed by atoms with Crippen LogP contribution in [0, 0.1) is 6.92 Å². The van der Waals surface area contributed by atoms with Gasteiger partial charge in [-0.3, -0.25) is 0 Å². The molecule has 3 rings (SSSR count). The van der Waals surface area contributed by atoms with Crippen LogP contribution in [-0.2, 0) is 5.75 Å². The second kappa shape index (κ2) is 8.28. The lowest BCUT2D eigenvalue weighted by Crippen LogP contribution is -2.05. The van der Waals surface area contributed by atoms with Crippen LogP contribution in [0.25, 0.3) is 0 Å². The van der Waals surface area contributed by atoms with E-state index in [1.54, 1.807) is 18.2 Å². The minimum atomic E-state index is -1.04. The fourth-order valence-corrected chi connectivity index (χ4v) is 3.61. The van der Waals surface area contributed by atoms with E-state index in [0.29, 0.717) is 33.1 Å². The van der Waals surface area contributed by atoms with Gasteiger partial charge in [-0.1, -0.05) is 41.6 Å². The molecule has 0 fully saturated rings. The Hall–Kier alpha value is -2.77. The smallest absolute Gasteiger partial charge is 0.337 e. The quantitative estimate of drug-likeness (QED) is 0.311. The van der Waals surface area contributed by atoms with Crippen molar-refractivity contribution in [3.8, 4) is 0 Å². The van der Waals surface area contributed by atoms with Crippen molar-refractivity contribution in [2.24, 2.45) is 0 Å². The zero-order valence-electron chi connectivity index (χ0n) is 14.4. The molecule has 0 amide bonds. The molecular formula is C19H17ClN4O2S. The Kier molecular flexibility index (Phi) is 5.83. The van der Waals surface area contributed by atoms with E-state index in [1.165, 1.54) is 17.8 Å². The number of nitrogen functional groups attached to an aromatic ring is 1. The molecule has 0 atom stereocenters. The van der Waals surface area contributed by atoms with Crippen LogP contribution >= 0.6 is 23.4 Å². The molecule has 27 heavy (non-hydrogen) atoms. The van der Waals surface area contributed by atoms with Gasteiger partial charge in [-0.15, -0.1) is 0 Å². The van der Waals surface area contributed by atoms with Gasteiger partial charge in [0, 0.05) is 28.2 Å². The molecule has 8 heteroatoms. The van der Waals surface area contributed by atoms with Gasteiger partial charge in [0.25, 0.3) is 0 Å². The number of carboxylic acids is 1. The van der Waals surface area contributed by atoms with Gasteiger partial charge in [0.15, 0.2) is 5.16 Å². The van der Waals surface area contributed by atoms with Crippen LogP contribution < -0.4 is 11.1 Å². The number of aryl methyl sites for hydroxylation is 1. The second-order valence-electron chi connectivity index (χ2n) is 5.79. The lowest BCUT2D eigenvalue weighted by atomic mass is 10.1. The number of halogens is 1. The number of nitrogens with one attached hydrogen (secondary N) is 1. The van der Waals surface area contributed by atoms with Crippen molar-refractivity contribution in [1.82, 2.24) is 9.97 Å². The van der Waals surface area contributed by atoms with Gasteiger partial charge in [-0.25, -0.2) is 14.8 Å². The maximum absolute atomic E-state index is 11.4. The standard InChI is InChI=1S/C19H17ClN4O2S/c1-11-8-17(23-16-9-13(21)6-7-14(16)18(25)26)24-19(22-11)27-10-12-4-2-3-5-15(12)20/h2-9H,10,21H2,1H3,(H,25,26)(H,22,23,24). The summed E-state index contributed by atoms with van der Waals surface area (Å²) in [7, 11) is 0. The number of nitrogens with two attached hydrogens (primary N) is 1. The number of nitrogens with zero attached hydrogens (tertiary/aromatic N) is 2. The molecule has 0 spiro atoms. The number of hydrogen-bond donors (Lipinski definition) is 3. The minimum Gasteiger partial charge on any atom is -0.478 e. The predicted molar refractivity (Wildman–Crippen MR) is 109 cm³/mol. The van der Waals surface area contributed by atoms with Gasteiger partial charge in [0.05, 0.1) is 11.3 Å². The second-order valence-corrected chi connectivity index (χ2v) is 7.14. The zero-order chi connectivity index (χ0) is 19.4. The molecule has 0 bridgehead atoms. The normalized spacial score (nSPS) is 10.6. The van der Waals surface area contributed by atoms with Crippen molar-refractivity contribution < 1.29 is 9.90 Å². The number of anilines is 3. The summed E-state index contributed by atoms with van der Waals surface area (Å²) in [6.45, 7) is 1.85. The third-order valence-corrected chi connectivity index (χ3v) is 4.95. The summed E-state index contributed by atoms with van der Waals surface area (Å²) in [6, 6.07) is 13.9. The molecule has 1 heterocycles. The van der Waals surface area contributed by atoms with Crippen molar-refractivity contribution >= 4 is 46.5 Å². The Morgan fingerprint density at radius 2 is 2.00 bits per heavy atom. The number of thioether (sulfide) groups is 1. The molecule has 2 aromatic carbocycles. The van der Waals surface area contributed by atoms with E-state index >= 15 is 0 Å². The topological polar surface area (TPSA) is 101 Å². The van der Waals surface area contributed by atoms with Gasteiger partial charge in [-0.2, -0.15) is 0 Å². The molecule has 3 aromatic rings. The van der Waals surface area contributed by atoms with E-state index in [1.807, 2.05) is 31.2 Å². The highest BCUT2D eigenvalue weighted by Crippen LogP contribution is 2.27. The molecule has 0 radical (unpaired) electrons. The molecule has 0 saturated carbocycles. The van der Waals surface area contributed by atoms with Crippen molar-refractivity contribution in [2.45, 2.75) is 17.8 Å².